The summed E-state index contributed by atoms with van der Waals surface area (Å²) in [6.45, 7) is -0.0202. The minimum Gasteiger partial charge on any atom is -0.467 e. The summed E-state index contributed by atoms with van der Waals surface area (Å²) in [4.78, 5) is 11.7. The highest BCUT2D eigenvalue weighted by Gasteiger charge is 2.09. The molecule has 1 aromatic carbocycles. The number of hydrogen-bond donors (Lipinski definition) is 1. The third-order valence-corrected chi connectivity index (χ3v) is 2.25. The van der Waals surface area contributed by atoms with Gasteiger partial charge in [0.25, 0.3) is 0 Å². The predicted molar refractivity (Wildman–Crippen MR) is 65.4 cm³/mol. The molecule has 0 saturated carbocycles. The number of nitrogens with zero attached hydrogens (tertiary/aromatic N) is 3. The molecule has 0 radical (unpaired) electrons. The fourth-order valence-corrected chi connectivity index (χ4v) is 1.32. The number of hydrogen-bond acceptors (Lipinski definition) is 7. The number of aliphatic hydroxyl groups excluding tert-OH is 1. The maximum atomic E-state index is 8.95. The number of rotatable bonds is 5. The molecule has 2 aromatic rings. The first-order valence-electron chi connectivity index (χ1n) is 5.47. The van der Waals surface area contributed by atoms with Gasteiger partial charge in [0, 0.05) is 0 Å². The van der Waals surface area contributed by atoms with Crippen LogP contribution in [0.2, 0.25) is 0 Å². The zero-order valence-electron chi connectivity index (χ0n) is 10.5. The van der Waals surface area contributed by atoms with Gasteiger partial charge in [-0.1, -0.05) is 12.1 Å². The van der Waals surface area contributed by atoms with Crippen molar-refractivity contribution in [2.45, 2.75) is 6.61 Å². The first-order valence-corrected chi connectivity index (χ1v) is 5.47. The van der Waals surface area contributed by atoms with Crippen LogP contribution in [-0.4, -0.2) is 34.3 Å². The van der Waals surface area contributed by atoms with E-state index in [9.17, 15) is 0 Å². The molecule has 0 spiro atoms. The Labute approximate surface area is 109 Å². The molecule has 7 nitrogen and oxygen atoms in total. The summed E-state index contributed by atoms with van der Waals surface area (Å²) in [6, 6.07) is 7.17. The van der Waals surface area contributed by atoms with Crippen LogP contribution < -0.4 is 14.2 Å². The van der Waals surface area contributed by atoms with E-state index in [-0.39, 0.29) is 24.6 Å². The fraction of sp³-hybridized carbons (Fsp3) is 0.250. The van der Waals surface area contributed by atoms with E-state index in [1.165, 1.54) is 14.2 Å². The van der Waals surface area contributed by atoms with Gasteiger partial charge in [-0.25, -0.2) is 0 Å². The summed E-state index contributed by atoms with van der Waals surface area (Å²) >= 11 is 0. The summed E-state index contributed by atoms with van der Waals surface area (Å²) in [5, 5.41) is 8.95. The molecular formula is C12H13N3O4. The van der Waals surface area contributed by atoms with Crippen LogP contribution in [0.25, 0.3) is 0 Å². The van der Waals surface area contributed by atoms with Crippen molar-refractivity contribution < 1.29 is 19.3 Å². The summed E-state index contributed by atoms with van der Waals surface area (Å²) < 4.78 is 15.3. The van der Waals surface area contributed by atoms with Gasteiger partial charge >= 0.3 is 18.0 Å². The van der Waals surface area contributed by atoms with E-state index in [0.717, 1.165) is 5.56 Å². The number of aromatic nitrogens is 3. The van der Waals surface area contributed by atoms with Gasteiger partial charge in [0.05, 0.1) is 20.8 Å². The van der Waals surface area contributed by atoms with E-state index in [1.807, 2.05) is 0 Å². The molecule has 2 rings (SSSR count). The van der Waals surface area contributed by atoms with E-state index in [2.05, 4.69) is 15.0 Å². The summed E-state index contributed by atoms with van der Waals surface area (Å²) in [6.07, 6.45) is 0. The summed E-state index contributed by atoms with van der Waals surface area (Å²) in [5.74, 6) is 0.535. The number of aliphatic hydroxyl groups is 1. The molecule has 7 heteroatoms. The fourth-order valence-electron chi connectivity index (χ4n) is 1.32. The normalized spacial score (nSPS) is 10.1. The number of benzene rings is 1. The number of methoxy groups -OCH3 is 2. The SMILES string of the molecule is COc1nc(OC)nc(Oc2ccc(CO)cc2)n1. The van der Waals surface area contributed by atoms with Crippen LogP contribution in [0.15, 0.2) is 24.3 Å². The molecule has 0 aliphatic carbocycles. The lowest BCUT2D eigenvalue weighted by atomic mass is 10.2. The molecule has 0 atom stereocenters. The van der Waals surface area contributed by atoms with E-state index >= 15 is 0 Å². The highest BCUT2D eigenvalue weighted by molar-refractivity contribution is 5.29. The van der Waals surface area contributed by atoms with E-state index in [1.54, 1.807) is 24.3 Å². The Hall–Kier alpha value is -2.41. The Kier molecular flexibility index (Phi) is 4.09. The Morgan fingerprint density at radius 2 is 1.42 bits per heavy atom. The van der Waals surface area contributed by atoms with Gasteiger partial charge in [-0.15, -0.1) is 15.0 Å². The highest BCUT2D eigenvalue weighted by atomic mass is 16.5. The second-order valence-electron chi connectivity index (χ2n) is 3.50. The van der Waals surface area contributed by atoms with Crippen LogP contribution in [0, 0.1) is 0 Å². The lowest BCUT2D eigenvalue weighted by Gasteiger charge is -2.06. The van der Waals surface area contributed by atoms with Gasteiger partial charge in [0.2, 0.25) is 0 Å². The Morgan fingerprint density at radius 3 is 1.89 bits per heavy atom. The molecular weight excluding hydrogens is 250 g/mol. The van der Waals surface area contributed by atoms with Crippen molar-refractivity contribution in [1.29, 1.82) is 0 Å². The maximum Gasteiger partial charge on any atom is 0.331 e. The van der Waals surface area contributed by atoms with Crippen molar-refractivity contribution in [3.8, 4) is 23.8 Å². The third-order valence-electron chi connectivity index (χ3n) is 2.25. The third kappa shape index (κ3) is 3.29. The molecule has 0 saturated heterocycles. The lowest BCUT2D eigenvalue weighted by Crippen LogP contribution is -2.01. The smallest absolute Gasteiger partial charge is 0.331 e. The number of ether oxygens (including phenoxy) is 3. The topological polar surface area (TPSA) is 86.6 Å². The minimum absolute atomic E-state index is 0.0202. The van der Waals surface area contributed by atoms with Crippen LogP contribution in [-0.2, 0) is 6.61 Å². The zero-order valence-corrected chi connectivity index (χ0v) is 10.5. The molecule has 0 bridgehead atoms. The van der Waals surface area contributed by atoms with E-state index in [4.69, 9.17) is 19.3 Å². The standard InChI is InChI=1S/C12H13N3O4/c1-17-10-13-11(18-2)15-12(14-10)19-9-5-3-8(7-16)4-6-9/h3-6,16H,7H2,1-2H3. The molecule has 0 aliphatic heterocycles. The van der Waals surface area contributed by atoms with Crippen LogP contribution in [0.1, 0.15) is 5.56 Å². The first kappa shape index (κ1) is 13.0. The van der Waals surface area contributed by atoms with Crippen molar-refractivity contribution in [2.24, 2.45) is 0 Å². The molecule has 1 heterocycles. The summed E-state index contributed by atoms with van der Waals surface area (Å²) in [7, 11) is 2.88. The van der Waals surface area contributed by atoms with Crippen molar-refractivity contribution in [3.05, 3.63) is 29.8 Å². The molecule has 0 unspecified atom stereocenters. The molecule has 0 aliphatic rings. The highest BCUT2D eigenvalue weighted by Crippen LogP contribution is 2.21. The molecule has 1 aromatic heterocycles. The van der Waals surface area contributed by atoms with E-state index in [0.29, 0.717) is 5.75 Å². The average Bonchev–Trinajstić information content (AvgIpc) is 2.47. The van der Waals surface area contributed by atoms with Gasteiger partial charge in [-0.05, 0) is 17.7 Å². The maximum absolute atomic E-state index is 8.95. The van der Waals surface area contributed by atoms with Crippen LogP contribution in [0.4, 0.5) is 0 Å². The van der Waals surface area contributed by atoms with Crippen LogP contribution in [0.3, 0.4) is 0 Å². The second kappa shape index (κ2) is 5.96. The largest absolute Gasteiger partial charge is 0.467 e. The molecule has 19 heavy (non-hydrogen) atoms. The van der Waals surface area contributed by atoms with Crippen molar-refractivity contribution in [2.75, 3.05) is 14.2 Å². The Balaban J connectivity index is 2.21. The molecule has 0 fully saturated rings. The Morgan fingerprint density at radius 1 is 0.895 bits per heavy atom. The van der Waals surface area contributed by atoms with Crippen LogP contribution in [0.5, 0.6) is 23.8 Å². The van der Waals surface area contributed by atoms with Crippen LogP contribution >= 0.6 is 0 Å². The quantitative estimate of drug-likeness (QED) is 0.866. The monoisotopic (exact) mass is 263 g/mol. The van der Waals surface area contributed by atoms with Gasteiger partial charge in [-0.3, -0.25) is 0 Å². The van der Waals surface area contributed by atoms with Crippen molar-refractivity contribution in [1.82, 2.24) is 15.0 Å². The molecule has 100 valence electrons. The molecule has 0 amide bonds. The van der Waals surface area contributed by atoms with Gasteiger partial charge in [0.15, 0.2) is 0 Å². The molecule has 1 N–H and O–H groups in total. The van der Waals surface area contributed by atoms with Gasteiger partial charge < -0.3 is 19.3 Å². The predicted octanol–water partition coefficient (Wildman–Crippen LogP) is 1.17. The van der Waals surface area contributed by atoms with Crippen molar-refractivity contribution >= 4 is 0 Å². The van der Waals surface area contributed by atoms with Crippen molar-refractivity contribution in [3.63, 3.8) is 0 Å². The lowest BCUT2D eigenvalue weighted by molar-refractivity contribution is 0.281. The van der Waals surface area contributed by atoms with Gasteiger partial charge in [0.1, 0.15) is 5.75 Å². The first-order chi connectivity index (χ1) is 9.25. The summed E-state index contributed by atoms with van der Waals surface area (Å²) in [5.41, 5.74) is 0.790. The van der Waals surface area contributed by atoms with E-state index < -0.39 is 0 Å². The van der Waals surface area contributed by atoms with Gasteiger partial charge in [-0.2, -0.15) is 0 Å². The second-order valence-corrected chi connectivity index (χ2v) is 3.50. The zero-order chi connectivity index (χ0) is 13.7. The minimum atomic E-state index is -0.0202. The average molecular weight is 263 g/mol. The Bertz CT molecular complexity index is 523.